The van der Waals surface area contributed by atoms with Crippen LogP contribution < -0.4 is 10.4 Å². The van der Waals surface area contributed by atoms with Gasteiger partial charge in [0.25, 0.3) is 0 Å². The van der Waals surface area contributed by atoms with Crippen LogP contribution >= 0.6 is 0 Å². The Labute approximate surface area is 85.3 Å². The smallest absolute Gasteiger partial charge is 0.000146 e. The molecule has 0 heteroatoms. The molecule has 14 heavy (non-hydrogen) atoms. The van der Waals surface area contributed by atoms with E-state index in [0.717, 1.165) is 0 Å². The van der Waals surface area contributed by atoms with Gasteiger partial charge in [0.15, 0.2) is 0 Å². The van der Waals surface area contributed by atoms with Crippen molar-refractivity contribution in [1.82, 2.24) is 0 Å². The zero-order valence-corrected chi connectivity index (χ0v) is 9.04. The Bertz CT molecular complexity index is 490. The van der Waals surface area contributed by atoms with Crippen molar-refractivity contribution in [3.05, 3.63) is 45.8 Å². The van der Waals surface area contributed by atoms with Gasteiger partial charge in [0, 0.05) is 5.92 Å². The lowest BCUT2D eigenvalue weighted by Gasteiger charge is -2.15. The molecule has 0 spiro atoms. The molecule has 0 fully saturated rings. The van der Waals surface area contributed by atoms with E-state index in [9.17, 15) is 0 Å². The second kappa shape index (κ2) is 3.45. The largest absolute Gasteiger partial charge is 0.0801 e. The molecule has 1 unspecified atom stereocenters. The van der Waals surface area contributed by atoms with Gasteiger partial charge in [-0.15, -0.1) is 0 Å². The van der Waals surface area contributed by atoms with E-state index in [2.05, 4.69) is 57.2 Å². The monoisotopic (exact) mass is 184 g/mol. The molecule has 2 rings (SSSR count). The van der Waals surface area contributed by atoms with Crippen molar-refractivity contribution < 1.29 is 0 Å². The third kappa shape index (κ3) is 1.31. The molecule has 0 amide bonds. The normalized spacial score (nSPS) is 20.5. The van der Waals surface area contributed by atoms with Crippen LogP contribution in [0.3, 0.4) is 0 Å². The highest BCUT2D eigenvalue weighted by molar-refractivity contribution is 5.50. The molecule has 0 N–H and O–H groups in total. The van der Waals surface area contributed by atoms with Crippen LogP contribution in [0.2, 0.25) is 0 Å². The van der Waals surface area contributed by atoms with Crippen LogP contribution in [0.4, 0.5) is 0 Å². The lowest BCUT2D eigenvalue weighted by Crippen LogP contribution is -2.22. The van der Waals surface area contributed by atoms with E-state index in [4.69, 9.17) is 0 Å². The van der Waals surface area contributed by atoms with Gasteiger partial charge in [-0.05, 0) is 35.4 Å². The lowest BCUT2D eigenvalue weighted by molar-refractivity contribution is 0.931. The fraction of sp³-hybridized carbons (Fsp3) is 0.286. The van der Waals surface area contributed by atoms with Crippen LogP contribution in [0.5, 0.6) is 0 Å². The van der Waals surface area contributed by atoms with Crippen molar-refractivity contribution >= 4 is 12.2 Å². The molecular weight excluding hydrogens is 168 g/mol. The van der Waals surface area contributed by atoms with Crippen LogP contribution in [0.25, 0.3) is 12.2 Å². The second-order valence-corrected chi connectivity index (χ2v) is 3.91. The zero-order valence-electron chi connectivity index (χ0n) is 9.04. The number of hydrogen-bond donors (Lipinski definition) is 0. The van der Waals surface area contributed by atoms with E-state index < -0.39 is 0 Å². The summed E-state index contributed by atoms with van der Waals surface area (Å²) in [5, 5.41) is 2.74. The molecule has 0 aromatic heterocycles. The summed E-state index contributed by atoms with van der Waals surface area (Å²) in [6.45, 7) is 6.58. The minimum atomic E-state index is 0.551. The number of rotatable bonds is 0. The van der Waals surface area contributed by atoms with Gasteiger partial charge >= 0.3 is 0 Å². The molecule has 0 aliphatic heterocycles. The first-order chi connectivity index (χ1) is 6.74. The average molecular weight is 184 g/mol. The molecule has 1 aromatic rings. The van der Waals surface area contributed by atoms with E-state index >= 15 is 0 Å². The van der Waals surface area contributed by atoms with Gasteiger partial charge in [0.2, 0.25) is 0 Å². The van der Waals surface area contributed by atoms with Gasteiger partial charge in [0.05, 0.1) is 0 Å². The summed E-state index contributed by atoms with van der Waals surface area (Å²) in [6.07, 6.45) is 8.79. The molecule has 0 saturated heterocycles. The lowest BCUT2D eigenvalue weighted by atomic mass is 9.90. The first-order valence-electron chi connectivity index (χ1n) is 5.18. The minimum Gasteiger partial charge on any atom is -0.0801 e. The number of benzene rings is 1. The summed E-state index contributed by atoms with van der Waals surface area (Å²) in [5.41, 5.74) is 2.92. The highest BCUT2D eigenvalue weighted by Crippen LogP contribution is 2.17. The molecule has 0 saturated carbocycles. The molecule has 0 nitrogen and oxygen atoms in total. The third-order valence-electron chi connectivity index (χ3n) is 3.03. The first-order valence-corrected chi connectivity index (χ1v) is 5.18. The van der Waals surface area contributed by atoms with Crippen LogP contribution in [0.1, 0.15) is 30.9 Å². The van der Waals surface area contributed by atoms with Gasteiger partial charge in [-0.3, -0.25) is 0 Å². The van der Waals surface area contributed by atoms with Crippen molar-refractivity contribution in [2.75, 3.05) is 0 Å². The van der Waals surface area contributed by atoms with Crippen molar-refractivity contribution in [3.8, 4) is 0 Å². The van der Waals surface area contributed by atoms with E-state index in [-0.39, 0.29) is 0 Å². The highest BCUT2D eigenvalue weighted by atomic mass is 14.1. The number of fused-ring (bicyclic) bond motifs is 1. The van der Waals surface area contributed by atoms with Gasteiger partial charge in [0.1, 0.15) is 0 Å². The number of allylic oxidation sites excluding steroid dienone is 2. The van der Waals surface area contributed by atoms with Crippen molar-refractivity contribution in [2.24, 2.45) is 0 Å². The van der Waals surface area contributed by atoms with Gasteiger partial charge < -0.3 is 0 Å². The summed E-state index contributed by atoms with van der Waals surface area (Å²) < 4.78 is 0. The van der Waals surface area contributed by atoms with Crippen LogP contribution in [0, 0.1) is 6.92 Å². The maximum Gasteiger partial charge on any atom is 0.000146 e. The van der Waals surface area contributed by atoms with Crippen molar-refractivity contribution in [3.63, 3.8) is 0 Å². The molecule has 1 aromatic carbocycles. The predicted octanol–water partition coefficient (Wildman–Crippen LogP) is 2.25. The zero-order chi connectivity index (χ0) is 10.1. The maximum absolute atomic E-state index is 2.26. The molecule has 0 heterocycles. The Morgan fingerprint density at radius 3 is 2.79 bits per heavy atom. The van der Waals surface area contributed by atoms with Crippen molar-refractivity contribution in [2.45, 2.75) is 26.7 Å². The summed E-state index contributed by atoms with van der Waals surface area (Å²) in [5.74, 6) is 0.551. The van der Waals surface area contributed by atoms with E-state index in [1.165, 1.54) is 21.6 Å². The quantitative estimate of drug-likeness (QED) is 0.580. The summed E-state index contributed by atoms with van der Waals surface area (Å²) in [4.78, 5) is 0. The topological polar surface area (TPSA) is 0 Å². The minimum absolute atomic E-state index is 0.551. The fourth-order valence-corrected chi connectivity index (χ4v) is 2.25. The van der Waals surface area contributed by atoms with Gasteiger partial charge in [-0.1, -0.05) is 43.4 Å². The van der Waals surface area contributed by atoms with E-state index in [1.54, 1.807) is 0 Å². The van der Waals surface area contributed by atoms with E-state index in [0.29, 0.717) is 5.92 Å². The summed E-state index contributed by atoms with van der Waals surface area (Å²) >= 11 is 0. The van der Waals surface area contributed by atoms with E-state index in [1.807, 2.05) is 0 Å². The Kier molecular flexibility index (Phi) is 2.28. The Hall–Kier alpha value is -1.30. The first kappa shape index (κ1) is 9.26. The standard InChI is InChI=1S/C14H16/c1-4-12-8-9-13-7-5-6-10(2)14(13)11(12)3/h4-10H,1-3H3. The molecule has 1 aliphatic carbocycles. The third-order valence-corrected chi connectivity index (χ3v) is 3.03. The summed E-state index contributed by atoms with van der Waals surface area (Å²) in [7, 11) is 0. The molecule has 0 bridgehead atoms. The van der Waals surface area contributed by atoms with Crippen LogP contribution in [0.15, 0.2) is 24.3 Å². The molecule has 72 valence electrons. The molecular formula is C14H16. The number of hydrogen-bond acceptors (Lipinski definition) is 0. The van der Waals surface area contributed by atoms with Crippen LogP contribution in [-0.4, -0.2) is 0 Å². The predicted molar refractivity (Wildman–Crippen MR) is 62.6 cm³/mol. The molecule has 1 atom stereocenters. The maximum atomic E-state index is 2.26. The Morgan fingerprint density at radius 1 is 1.29 bits per heavy atom. The molecule has 1 aliphatic rings. The molecule has 0 radical (unpaired) electrons. The Morgan fingerprint density at radius 2 is 2.07 bits per heavy atom. The highest BCUT2D eigenvalue weighted by Gasteiger charge is 2.09. The van der Waals surface area contributed by atoms with Gasteiger partial charge in [-0.2, -0.15) is 0 Å². The Balaban J connectivity index is 2.84. The van der Waals surface area contributed by atoms with Crippen LogP contribution in [-0.2, 0) is 0 Å². The fourth-order valence-electron chi connectivity index (χ4n) is 2.25. The SMILES string of the molecule is CC=c1ccc2c(c1C)C(C)C=CC=2. The summed E-state index contributed by atoms with van der Waals surface area (Å²) in [6, 6.07) is 4.42. The average Bonchev–Trinajstić information content (AvgIpc) is 2.18. The van der Waals surface area contributed by atoms with Crippen molar-refractivity contribution in [1.29, 1.82) is 0 Å². The van der Waals surface area contributed by atoms with Gasteiger partial charge in [-0.25, -0.2) is 0 Å². The second-order valence-electron chi connectivity index (χ2n) is 3.91.